The van der Waals surface area contributed by atoms with E-state index in [2.05, 4.69) is 20.5 Å². The van der Waals surface area contributed by atoms with Gasteiger partial charge in [-0.1, -0.05) is 0 Å². The monoisotopic (exact) mass is 406 g/mol. The molecule has 1 saturated heterocycles. The predicted octanol–water partition coefficient (Wildman–Crippen LogP) is 0.908. The lowest BCUT2D eigenvalue weighted by atomic mass is 10.2. The molecule has 2 aliphatic heterocycles. The van der Waals surface area contributed by atoms with Crippen LogP contribution in [0.5, 0.6) is 17.4 Å². The number of ether oxygens (including phenoxy) is 3. The molecule has 0 atom stereocenters. The number of nitrogens with one attached hydrogen (secondary N) is 3. The molecule has 10 heteroatoms. The highest BCUT2D eigenvalue weighted by Gasteiger charge is 2.18. The minimum atomic E-state index is -0.0696. The highest BCUT2D eigenvalue weighted by Crippen LogP contribution is 2.42. The first-order chi connectivity index (χ1) is 13.7. The average molecular weight is 406 g/mol. The Bertz CT molecular complexity index is 878. The molecule has 0 aliphatic carbocycles. The largest absolute Gasteiger partial charge is 0.493 e. The molecule has 2 aliphatic rings. The topological polar surface area (TPSA) is 105 Å². The number of rotatable bonds is 5. The van der Waals surface area contributed by atoms with Crippen molar-refractivity contribution >= 4 is 33.9 Å². The highest BCUT2D eigenvalue weighted by molar-refractivity contribution is 7.80. The molecular weight excluding hydrogens is 382 g/mol. The molecule has 4 rings (SSSR count). The van der Waals surface area contributed by atoms with Gasteiger partial charge in [-0.2, -0.15) is 0 Å². The van der Waals surface area contributed by atoms with Gasteiger partial charge in [-0.25, -0.2) is 0 Å². The second-order valence-electron chi connectivity index (χ2n) is 6.76. The van der Waals surface area contributed by atoms with Crippen LogP contribution in [0.2, 0.25) is 0 Å². The second kappa shape index (κ2) is 8.72. The van der Waals surface area contributed by atoms with Gasteiger partial charge in [0.2, 0.25) is 11.0 Å². The molecule has 0 amide bonds. The standard InChI is InChI=1S/C18H23N5O4S/c24-17-16(12-10-14-15(11-13(12)20-17)27-9-8-26-14)21-22-18(28)19-2-1-3-23-4-6-25-7-5-23/h10-11,20,24H,1-9H2,(H,19,28)/p+1. The first-order valence-electron chi connectivity index (χ1n) is 9.46. The zero-order valence-electron chi connectivity index (χ0n) is 15.5. The molecule has 2 aromatic rings. The summed E-state index contributed by atoms with van der Waals surface area (Å²) >= 11 is 5.23. The molecule has 0 radical (unpaired) electrons. The van der Waals surface area contributed by atoms with E-state index in [0.717, 1.165) is 45.8 Å². The number of benzene rings is 1. The number of hydrogen-bond acceptors (Lipinski definition) is 6. The van der Waals surface area contributed by atoms with Crippen LogP contribution >= 0.6 is 12.2 Å². The van der Waals surface area contributed by atoms with Gasteiger partial charge in [-0.05, 0) is 18.3 Å². The normalized spacial score (nSPS) is 17.3. The lowest BCUT2D eigenvalue weighted by Gasteiger charge is -2.23. The van der Waals surface area contributed by atoms with E-state index < -0.39 is 0 Å². The highest BCUT2D eigenvalue weighted by atomic mass is 32.1. The number of aromatic nitrogens is 1. The minimum absolute atomic E-state index is 0.0696. The SMILES string of the molecule is Oc1[nH]c2cc3c(cc2c1N=NC(=S)NCCC[NH+]1CCOCC1)OCCO3. The first-order valence-corrected chi connectivity index (χ1v) is 9.87. The van der Waals surface area contributed by atoms with Crippen LogP contribution < -0.4 is 19.7 Å². The van der Waals surface area contributed by atoms with Crippen LogP contribution in [-0.2, 0) is 4.74 Å². The van der Waals surface area contributed by atoms with Crippen LogP contribution in [0.3, 0.4) is 0 Å². The van der Waals surface area contributed by atoms with Crippen molar-refractivity contribution in [3.63, 3.8) is 0 Å². The van der Waals surface area contributed by atoms with E-state index >= 15 is 0 Å². The van der Waals surface area contributed by atoms with Crippen LogP contribution in [0.4, 0.5) is 5.69 Å². The van der Waals surface area contributed by atoms with Crippen molar-refractivity contribution in [1.82, 2.24) is 10.3 Å². The van der Waals surface area contributed by atoms with Gasteiger partial charge in [0.1, 0.15) is 26.3 Å². The molecule has 3 heterocycles. The Morgan fingerprint density at radius 1 is 1.18 bits per heavy atom. The Morgan fingerprint density at radius 2 is 1.93 bits per heavy atom. The molecule has 0 spiro atoms. The molecule has 150 valence electrons. The van der Waals surface area contributed by atoms with Gasteiger partial charge in [-0.15, -0.1) is 10.2 Å². The van der Waals surface area contributed by atoms with Crippen LogP contribution in [0.25, 0.3) is 10.9 Å². The summed E-state index contributed by atoms with van der Waals surface area (Å²) in [5.41, 5.74) is 1.02. The number of hydrogen-bond donors (Lipinski definition) is 4. The fourth-order valence-electron chi connectivity index (χ4n) is 3.38. The maximum Gasteiger partial charge on any atom is 0.218 e. The second-order valence-corrected chi connectivity index (χ2v) is 7.15. The van der Waals surface area contributed by atoms with E-state index in [1.54, 1.807) is 17.0 Å². The third kappa shape index (κ3) is 4.34. The van der Waals surface area contributed by atoms with Crippen molar-refractivity contribution < 1.29 is 24.2 Å². The molecule has 1 aromatic carbocycles. The number of quaternary nitrogens is 1. The van der Waals surface area contributed by atoms with E-state index in [4.69, 9.17) is 26.4 Å². The van der Waals surface area contributed by atoms with E-state index in [1.807, 2.05) is 0 Å². The third-order valence-corrected chi connectivity index (χ3v) is 5.06. The molecule has 28 heavy (non-hydrogen) atoms. The maximum absolute atomic E-state index is 10.2. The summed E-state index contributed by atoms with van der Waals surface area (Å²) in [5.74, 6) is 1.20. The molecule has 4 N–H and O–H groups in total. The number of H-pyrrole nitrogens is 1. The van der Waals surface area contributed by atoms with E-state index in [0.29, 0.717) is 46.4 Å². The van der Waals surface area contributed by atoms with Gasteiger partial charge in [0.15, 0.2) is 17.2 Å². The average Bonchev–Trinajstić information content (AvgIpc) is 3.02. The maximum atomic E-state index is 10.2. The lowest BCUT2D eigenvalue weighted by molar-refractivity contribution is -0.908. The van der Waals surface area contributed by atoms with Gasteiger partial charge >= 0.3 is 0 Å². The van der Waals surface area contributed by atoms with Crippen LogP contribution in [0, 0.1) is 0 Å². The zero-order valence-corrected chi connectivity index (χ0v) is 16.3. The quantitative estimate of drug-likeness (QED) is 0.334. The number of aromatic amines is 1. The number of nitrogens with zero attached hydrogens (tertiary/aromatic N) is 2. The van der Waals surface area contributed by atoms with Crippen LogP contribution in [0.15, 0.2) is 22.4 Å². The first kappa shape index (κ1) is 18.9. The van der Waals surface area contributed by atoms with Crippen molar-refractivity contribution in [2.45, 2.75) is 6.42 Å². The van der Waals surface area contributed by atoms with Crippen molar-refractivity contribution in [2.24, 2.45) is 10.2 Å². The molecule has 1 fully saturated rings. The van der Waals surface area contributed by atoms with Gasteiger partial charge in [0.05, 0.1) is 25.3 Å². The van der Waals surface area contributed by atoms with Crippen molar-refractivity contribution in [2.75, 3.05) is 52.6 Å². The summed E-state index contributed by atoms with van der Waals surface area (Å²) in [7, 11) is 0. The summed E-state index contributed by atoms with van der Waals surface area (Å²) in [5, 5.41) is 22.4. The lowest BCUT2D eigenvalue weighted by Crippen LogP contribution is -3.14. The fourth-order valence-corrected chi connectivity index (χ4v) is 3.52. The molecule has 0 saturated carbocycles. The predicted molar refractivity (Wildman–Crippen MR) is 107 cm³/mol. The van der Waals surface area contributed by atoms with Gasteiger partial charge in [0.25, 0.3) is 0 Å². The summed E-state index contributed by atoms with van der Waals surface area (Å²) in [6, 6.07) is 3.57. The Kier molecular flexibility index (Phi) is 5.89. The van der Waals surface area contributed by atoms with Crippen molar-refractivity contribution in [1.29, 1.82) is 0 Å². The summed E-state index contributed by atoms with van der Waals surface area (Å²) in [6.07, 6.45) is 0.993. The Labute approximate surface area is 167 Å². The summed E-state index contributed by atoms with van der Waals surface area (Å²) < 4.78 is 16.5. The third-order valence-electron chi connectivity index (χ3n) is 4.84. The van der Waals surface area contributed by atoms with E-state index in [-0.39, 0.29) is 5.88 Å². The van der Waals surface area contributed by atoms with Gasteiger partial charge in [0, 0.05) is 24.4 Å². The van der Waals surface area contributed by atoms with Gasteiger partial charge < -0.3 is 34.5 Å². The van der Waals surface area contributed by atoms with Crippen molar-refractivity contribution in [3.8, 4) is 17.4 Å². The minimum Gasteiger partial charge on any atom is -0.493 e. The molecule has 0 unspecified atom stereocenters. The Morgan fingerprint density at radius 3 is 2.71 bits per heavy atom. The number of thiocarbonyl (C=S) groups is 1. The zero-order chi connectivity index (χ0) is 19.3. The fraction of sp³-hybridized carbons (Fsp3) is 0.500. The number of morpholine rings is 1. The Balaban J connectivity index is 1.35. The van der Waals surface area contributed by atoms with Crippen molar-refractivity contribution in [3.05, 3.63) is 12.1 Å². The number of fused-ring (bicyclic) bond motifs is 2. The van der Waals surface area contributed by atoms with Crippen LogP contribution in [0.1, 0.15) is 6.42 Å². The molecular formula is C18H24N5O4S+. The smallest absolute Gasteiger partial charge is 0.218 e. The molecule has 0 bridgehead atoms. The Hall–Kier alpha value is -2.43. The molecule has 1 aromatic heterocycles. The number of aromatic hydroxyl groups is 1. The number of azo groups is 1. The molecule has 9 nitrogen and oxygen atoms in total. The van der Waals surface area contributed by atoms with Gasteiger partial charge in [-0.3, -0.25) is 0 Å². The van der Waals surface area contributed by atoms with E-state index in [9.17, 15) is 5.11 Å². The van der Waals surface area contributed by atoms with E-state index in [1.165, 1.54) is 0 Å². The summed E-state index contributed by atoms with van der Waals surface area (Å²) in [4.78, 5) is 4.43. The summed E-state index contributed by atoms with van der Waals surface area (Å²) in [6.45, 7) is 6.60. The van der Waals surface area contributed by atoms with Crippen LogP contribution in [-0.4, -0.2) is 67.8 Å².